The zero-order chi connectivity index (χ0) is 14.9. The molecule has 0 atom stereocenters. The van der Waals surface area contributed by atoms with Gasteiger partial charge in [0.2, 0.25) is 5.91 Å². The van der Waals surface area contributed by atoms with E-state index < -0.39 is 0 Å². The molecule has 0 saturated heterocycles. The number of fused-ring (bicyclic) bond motifs is 1. The van der Waals surface area contributed by atoms with Crippen LogP contribution in [0.25, 0.3) is 0 Å². The molecule has 1 N–H and O–H groups in total. The lowest BCUT2D eigenvalue weighted by molar-refractivity contribution is -0.115. The number of nitrogens with one attached hydrogen (secondary N) is 1. The first-order chi connectivity index (χ1) is 9.16. The third-order valence-corrected chi connectivity index (χ3v) is 5.68. The van der Waals surface area contributed by atoms with Gasteiger partial charge in [0.1, 0.15) is 0 Å². The van der Waals surface area contributed by atoms with Crippen LogP contribution in [0.4, 0.5) is 5.69 Å². The molecule has 0 radical (unpaired) electrons. The van der Waals surface area contributed by atoms with Crippen molar-refractivity contribution < 1.29 is 9.59 Å². The van der Waals surface area contributed by atoms with E-state index in [1.165, 1.54) is 0 Å². The van der Waals surface area contributed by atoms with Crippen LogP contribution in [0.3, 0.4) is 0 Å². The molecule has 0 bridgehead atoms. The number of Topliss-reactive ketones (excluding diaryl/α,β-unsaturated/α-hetero) is 1. The van der Waals surface area contributed by atoms with Gasteiger partial charge in [0.05, 0.1) is 11.4 Å². The third kappa shape index (κ3) is 1.65. The summed E-state index contributed by atoms with van der Waals surface area (Å²) in [5, 5.41) is 3.17. The molecule has 4 heteroatoms. The van der Waals surface area contributed by atoms with Crippen molar-refractivity contribution in [3.05, 3.63) is 28.3 Å². The summed E-state index contributed by atoms with van der Waals surface area (Å²) >= 11 is 6.24. The molecule has 1 aromatic carbocycles. The van der Waals surface area contributed by atoms with Crippen molar-refractivity contribution in [1.82, 2.24) is 0 Å². The summed E-state index contributed by atoms with van der Waals surface area (Å²) in [6.07, 6.45) is 0.324. The lowest BCUT2D eigenvalue weighted by Crippen LogP contribution is -2.08. The SMILES string of the molecule is CC1(C)C(C(=O)c2cc3c(cc2Cl)NC(=O)C3)C1(C)C. The van der Waals surface area contributed by atoms with Crippen LogP contribution in [0.2, 0.25) is 5.02 Å². The predicted octanol–water partition coefficient (Wildman–Crippen LogP) is 3.70. The molecule has 3 nitrogen and oxygen atoms in total. The van der Waals surface area contributed by atoms with Gasteiger partial charge in [-0.15, -0.1) is 0 Å². The van der Waals surface area contributed by atoms with E-state index in [1.807, 2.05) is 0 Å². The lowest BCUT2D eigenvalue weighted by Gasteiger charge is -2.08. The molecule has 1 aliphatic carbocycles. The van der Waals surface area contributed by atoms with E-state index in [9.17, 15) is 9.59 Å². The standard InChI is InChI=1S/C16H18ClNO2/c1-15(2)14(16(15,3)4)13(20)9-5-8-6-12(19)18-11(8)7-10(9)17/h5,7,14H,6H2,1-4H3,(H,18,19). The molecule has 1 heterocycles. The fraction of sp³-hybridized carbons (Fsp3) is 0.500. The fourth-order valence-electron chi connectivity index (χ4n) is 3.44. The predicted molar refractivity (Wildman–Crippen MR) is 79.2 cm³/mol. The summed E-state index contributed by atoms with van der Waals surface area (Å²) in [5.41, 5.74) is 2.11. The second-order valence-corrected chi connectivity index (χ2v) is 7.36. The number of ketones is 1. The average Bonchev–Trinajstić information content (AvgIpc) is 2.60. The quantitative estimate of drug-likeness (QED) is 0.845. The minimum atomic E-state index is -0.0484. The number of halogens is 1. The Hall–Kier alpha value is -1.35. The summed E-state index contributed by atoms with van der Waals surface area (Å²) in [7, 11) is 0. The van der Waals surface area contributed by atoms with Crippen molar-refractivity contribution in [2.45, 2.75) is 34.1 Å². The number of anilines is 1. The molecule has 106 valence electrons. The lowest BCUT2D eigenvalue weighted by atomic mass is 9.98. The summed E-state index contributed by atoms with van der Waals surface area (Å²) in [4.78, 5) is 24.2. The molecule has 1 aliphatic heterocycles. The van der Waals surface area contributed by atoms with Crippen LogP contribution in [-0.2, 0) is 11.2 Å². The number of benzene rings is 1. The van der Waals surface area contributed by atoms with E-state index in [4.69, 9.17) is 11.6 Å². The Morgan fingerprint density at radius 1 is 1.25 bits per heavy atom. The van der Waals surface area contributed by atoms with Gasteiger partial charge in [0.25, 0.3) is 0 Å². The minimum Gasteiger partial charge on any atom is -0.325 e. The minimum absolute atomic E-state index is 0.0134. The molecule has 1 saturated carbocycles. The van der Waals surface area contributed by atoms with Gasteiger partial charge in [-0.2, -0.15) is 0 Å². The second-order valence-electron chi connectivity index (χ2n) is 6.95. The second kappa shape index (κ2) is 3.85. The first kappa shape index (κ1) is 13.6. The highest BCUT2D eigenvalue weighted by atomic mass is 35.5. The number of carbonyl (C=O) groups excluding carboxylic acids is 2. The molecule has 20 heavy (non-hydrogen) atoms. The van der Waals surface area contributed by atoms with Crippen LogP contribution >= 0.6 is 11.6 Å². The molecule has 3 rings (SSSR count). The highest BCUT2D eigenvalue weighted by molar-refractivity contribution is 6.34. The first-order valence-electron chi connectivity index (χ1n) is 6.83. The van der Waals surface area contributed by atoms with E-state index >= 15 is 0 Å². The summed E-state index contributed by atoms with van der Waals surface area (Å²) in [6.45, 7) is 8.45. The van der Waals surface area contributed by atoms with Gasteiger partial charge in [-0.25, -0.2) is 0 Å². The Kier molecular flexibility index (Phi) is 2.62. The molecular formula is C16H18ClNO2. The Morgan fingerprint density at radius 2 is 1.85 bits per heavy atom. The number of amides is 1. The zero-order valence-electron chi connectivity index (χ0n) is 12.1. The molecule has 1 fully saturated rings. The van der Waals surface area contributed by atoms with Gasteiger partial charge in [0.15, 0.2) is 5.78 Å². The smallest absolute Gasteiger partial charge is 0.228 e. The van der Waals surface area contributed by atoms with Crippen molar-refractivity contribution >= 4 is 29.0 Å². The molecule has 2 aliphatic rings. The first-order valence-corrected chi connectivity index (χ1v) is 7.20. The largest absolute Gasteiger partial charge is 0.325 e. The highest BCUT2D eigenvalue weighted by Gasteiger charge is 2.68. The van der Waals surface area contributed by atoms with Gasteiger partial charge in [-0.05, 0) is 28.5 Å². The Labute approximate surface area is 123 Å². The average molecular weight is 292 g/mol. The van der Waals surface area contributed by atoms with E-state index in [-0.39, 0.29) is 28.4 Å². The monoisotopic (exact) mass is 291 g/mol. The Balaban J connectivity index is 1.99. The molecule has 0 aromatic heterocycles. The van der Waals surface area contributed by atoms with E-state index in [0.29, 0.717) is 17.0 Å². The summed E-state index contributed by atoms with van der Waals surface area (Å²) < 4.78 is 0. The van der Waals surface area contributed by atoms with Gasteiger partial charge in [-0.3, -0.25) is 9.59 Å². The van der Waals surface area contributed by atoms with Crippen LogP contribution in [0.5, 0.6) is 0 Å². The van der Waals surface area contributed by atoms with Crippen molar-refractivity contribution in [3.8, 4) is 0 Å². The van der Waals surface area contributed by atoms with Gasteiger partial charge >= 0.3 is 0 Å². The number of hydrogen-bond donors (Lipinski definition) is 1. The van der Waals surface area contributed by atoms with Crippen molar-refractivity contribution in [3.63, 3.8) is 0 Å². The Bertz CT molecular complexity index is 632. The third-order valence-electron chi connectivity index (χ3n) is 5.37. The Morgan fingerprint density at radius 3 is 2.40 bits per heavy atom. The van der Waals surface area contributed by atoms with Gasteiger partial charge < -0.3 is 5.32 Å². The van der Waals surface area contributed by atoms with Gasteiger partial charge in [-0.1, -0.05) is 39.3 Å². The van der Waals surface area contributed by atoms with Crippen LogP contribution in [-0.4, -0.2) is 11.7 Å². The molecule has 1 amide bonds. The maximum Gasteiger partial charge on any atom is 0.228 e. The van der Waals surface area contributed by atoms with E-state index in [1.54, 1.807) is 12.1 Å². The van der Waals surface area contributed by atoms with Crippen LogP contribution < -0.4 is 5.32 Å². The van der Waals surface area contributed by atoms with Gasteiger partial charge in [0, 0.05) is 17.2 Å². The molecule has 1 aromatic rings. The highest BCUT2D eigenvalue weighted by Crippen LogP contribution is 2.69. The maximum atomic E-state index is 12.8. The zero-order valence-corrected chi connectivity index (χ0v) is 12.9. The van der Waals surface area contributed by atoms with Crippen LogP contribution in [0.1, 0.15) is 43.6 Å². The number of carbonyl (C=O) groups is 2. The van der Waals surface area contributed by atoms with E-state index in [0.717, 1.165) is 11.3 Å². The van der Waals surface area contributed by atoms with E-state index in [2.05, 4.69) is 33.0 Å². The normalized spacial score (nSPS) is 22.4. The van der Waals surface area contributed by atoms with Crippen LogP contribution in [0, 0.1) is 16.7 Å². The molecular weight excluding hydrogens is 274 g/mol. The maximum absolute atomic E-state index is 12.8. The molecule has 0 unspecified atom stereocenters. The summed E-state index contributed by atoms with van der Waals surface area (Å²) in [6, 6.07) is 3.47. The number of hydrogen-bond acceptors (Lipinski definition) is 2. The van der Waals surface area contributed by atoms with Crippen molar-refractivity contribution in [1.29, 1.82) is 0 Å². The van der Waals surface area contributed by atoms with Crippen molar-refractivity contribution in [2.75, 3.05) is 5.32 Å². The van der Waals surface area contributed by atoms with Crippen LogP contribution in [0.15, 0.2) is 12.1 Å². The topological polar surface area (TPSA) is 46.2 Å². The van der Waals surface area contributed by atoms with Crippen molar-refractivity contribution in [2.24, 2.45) is 16.7 Å². The molecule has 0 spiro atoms. The fourth-order valence-corrected chi connectivity index (χ4v) is 3.70. The summed E-state index contributed by atoms with van der Waals surface area (Å²) in [5.74, 6) is 0.0236. The number of rotatable bonds is 2.